The van der Waals surface area contributed by atoms with Crippen molar-refractivity contribution in [2.45, 2.75) is 6.04 Å². The molecule has 0 amide bonds. The van der Waals surface area contributed by atoms with Crippen LogP contribution in [0.1, 0.15) is 16.5 Å². The van der Waals surface area contributed by atoms with Crippen LogP contribution in [0.15, 0.2) is 35.7 Å². The van der Waals surface area contributed by atoms with Gasteiger partial charge in [0.05, 0.1) is 11.0 Å². The molecule has 1 aliphatic rings. The fourth-order valence-corrected chi connectivity index (χ4v) is 3.65. The number of nitro benzene ring substituents is 1. The lowest BCUT2D eigenvalue weighted by atomic mass is 10.0. The third-order valence-electron chi connectivity index (χ3n) is 3.81. The zero-order chi connectivity index (χ0) is 15.5. The lowest BCUT2D eigenvalue weighted by molar-refractivity contribution is -0.385. The molecule has 9 heteroatoms. The van der Waals surface area contributed by atoms with Crippen LogP contribution in [0.25, 0.3) is 0 Å². The molecule has 24 heavy (non-hydrogen) atoms. The summed E-state index contributed by atoms with van der Waals surface area (Å²) in [6, 6.07) is 7.36. The maximum absolute atomic E-state index is 14.4. The molecule has 0 bridgehead atoms. The van der Waals surface area contributed by atoms with E-state index in [-0.39, 0.29) is 36.5 Å². The Morgan fingerprint density at radius 1 is 1.25 bits per heavy atom. The van der Waals surface area contributed by atoms with E-state index in [0.717, 1.165) is 31.1 Å². The molecule has 2 heterocycles. The summed E-state index contributed by atoms with van der Waals surface area (Å²) in [4.78, 5) is 13.7. The monoisotopic (exact) mass is 393 g/mol. The normalized spacial score (nSPS) is 15.9. The van der Waals surface area contributed by atoms with Crippen molar-refractivity contribution in [3.63, 3.8) is 0 Å². The molecule has 5 nitrogen and oxygen atoms in total. The van der Waals surface area contributed by atoms with Gasteiger partial charge in [0, 0.05) is 48.8 Å². The number of halogens is 3. The van der Waals surface area contributed by atoms with Crippen LogP contribution in [0.4, 0.5) is 10.1 Å². The van der Waals surface area contributed by atoms with E-state index in [1.807, 2.05) is 17.5 Å². The minimum Gasteiger partial charge on any atom is -0.314 e. The minimum atomic E-state index is -0.480. The van der Waals surface area contributed by atoms with Crippen molar-refractivity contribution in [2.75, 3.05) is 26.2 Å². The molecule has 0 aliphatic carbocycles. The second-order valence-electron chi connectivity index (χ2n) is 5.17. The van der Waals surface area contributed by atoms with E-state index in [2.05, 4.69) is 10.2 Å². The highest BCUT2D eigenvalue weighted by atomic mass is 35.5. The van der Waals surface area contributed by atoms with Gasteiger partial charge in [-0.15, -0.1) is 36.2 Å². The summed E-state index contributed by atoms with van der Waals surface area (Å²) in [5.74, 6) is -0.400. The molecular formula is C15H18Cl2FN3O2S. The second kappa shape index (κ2) is 9.29. The van der Waals surface area contributed by atoms with Crippen LogP contribution in [0, 0.1) is 15.9 Å². The van der Waals surface area contributed by atoms with Crippen molar-refractivity contribution in [1.82, 2.24) is 10.2 Å². The largest absolute Gasteiger partial charge is 0.314 e. The average molecular weight is 394 g/mol. The number of thiophene rings is 1. The molecule has 1 fully saturated rings. The number of rotatable bonds is 4. The van der Waals surface area contributed by atoms with Gasteiger partial charge in [0.25, 0.3) is 5.69 Å². The van der Waals surface area contributed by atoms with Gasteiger partial charge in [-0.05, 0) is 17.5 Å². The standard InChI is InChI=1S/C15H16FN3O2S.2ClH/c16-13-4-3-11(19(20)21)10-12(13)15(14-2-1-9-22-14)18-7-5-17-6-8-18;;/h1-4,9-10,15,17H,5-8H2;2*1H/t15-;;/m1../s1. The Hall–Kier alpha value is -1.25. The first-order chi connectivity index (χ1) is 10.7. The van der Waals surface area contributed by atoms with Crippen LogP contribution in [0.3, 0.4) is 0 Å². The molecule has 1 atom stereocenters. The Bertz CT molecular complexity index is 667. The highest BCUT2D eigenvalue weighted by Crippen LogP contribution is 2.35. The summed E-state index contributed by atoms with van der Waals surface area (Å²) in [5.41, 5.74) is 0.298. The Labute approximate surface area is 155 Å². The number of hydrogen-bond donors (Lipinski definition) is 1. The maximum atomic E-state index is 14.4. The predicted octanol–water partition coefficient (Wildman–Crippen LogP) is 3.63. The van der Waals surface area contributed by atoms with Crippen molar-refractivity contribution in [2.24, 2.45) is 0 Å². The molecule has 0 radical (unpaired) electrons. The molecule has 0 saturated carbocycles. The van der Waals surface area contributed by atoms with Gasteiger partial charge in [-0.2, -0.15) is 0 Å². The SMILES string of the molecule is Cl.Cl.O=[N+]([O-])c1ccc(F)c([C@H](c2cccs2)N2CCNCC2)c1. The molecular weight excluding hydrogens is 376 g/mol. The average Bonchev–Trinajstić information content (AvgIpc) is 3.04. The van der Waals surface area contributed by atoms with Crippen LogP contribution in [-0.4, -0.2) is 36.0 Å². The van der Waals surface area contributed by atoms with Crippen LogP contribution >= 0.6 is 36.2 Å². The first kappa shape index (κ1) is 20.8. The van der Waals surface area contributed by atoms with Crippen molar-refractivity contribution < 1.29 is 9.31 Å². The fourth-order valence-electron chi connectivity index (χ4n) is 2.77. The number of hydrogen-bond acceptors (Lipinski definition) is 5. The number of piperazine rings is 1. The zero-order valence-corrected chi connectivity index (χ0v) is 15.1. The minimum absolute atomic E-state index is 0. The smallest absolute Gasteiger partial charge is 0.269 e. The summed E-state index contributed by atoms with van der Waals surface area (Å²) < 4.78 is 14.4. The molecule has 0 unspecified atom stereocenters. The molecule has 1 aromatic heterocycles. The Kier molecular flexibility index (Phi) is 8.05. The lowest BCUT2D eigenvalue weighted by Crippen LogP contribution is -2.45. The quantitative estimate of drug-likeness (QED) is 0.636. The second-order valence-corrected chi connectivity index (χ2v) is 6.15. The zero-order valence-electron chi connectivity index (χ0n) is 12.7. The number of benzene rings is 1. The number of nitrogens with one attached hydrogen (secondary N) is 1. The Balaban J connectivity index is 0.00000144. The number of nitrogens with zero attached hydrogens (tertiary/aromatic N) is 2. The maximum Gasteiger partial charge on any atom is 0.269 e. The fraction of sp³-hybridized carbons (Fsp3) is 0.333. The highest BCUT2D eigenvalue weighted by molar-refractivity contribution is 7.10. The van der Waals surface area contributed by atoms with Crippen molar-refractivity contribution in [3.8, 4) is 0 Å². The van der Waals surface area contributed by atoms with Gasteiger partial charge < -0.3 is 5.32 Å². The summed E-state index contributed by atoms with van der Waals surface area (Å²) >= 11 is 1.54. The van der Waals surface area contributed by atoms with Gasteiger partial charge in [0.2, 0.25) is 0 Å². The molecule has 1 aromatic carbocycles. The van der Waals surface area contributed by atoms with Crippen molar-refractivity contribution >= 4 is 41.8 Å². The van der Waals surface area contributed by atoms with E-state index < -0.39 is 10.7 Å². The van der Waals surface area contributed by atoms with E-state index in [1.165, 1.54) is 18.2 Å². The topological polar surface area (TPSA) is 58.4 Å². The molecule has 0 spiro atoms. The Morgan fingerprint density at radius 2 is 1.96 bits per heavy atom. The van der Waals surface area contributed by atoms with Gasteiger partial charge in [0.15, 0.2) is 0 Å². The number of non-ortho nitro benzene ring substituents is 1. The van der Waals surface area contributed by atoms with Gasteiger partial charge in [-0.25, -0.2) is 4.39 Å². The summed E-state index contributed by atoms with van der Waals surface area (Å²) in [7, 11) is 0. The van der Waals surface area contributed by atoms with E-state index in [4.69, 9.17) is 0 Å². The van der Waals surface area contributed by atoms with E-state index in [9.17, 15) is 14.5 Å². The van der Waals surface area contributed by atoms with Crippen LogP contribution < -0.4 is 5.32 Å². The Morgan fingerprint density at radius 3 is 2.54 bits per heavy atom. The van der Waals surface area contributed by atoms with Crippen molar-refractivity contribution in [3.05, 3.63) is 62.1 Å². The van der Waals surface area contributed by atoms with Crippen LogP contribution in [0.2, 0.25) is 0 Å². The predicted molar refractivity (Wildman–Crippen MR) is 98.2 cm³/mol. The van der Waals surface area contributed by atoms with Gasteiger partial charge >= 0.3 is 0 Å². The summed E-state index contributed by atoms with van der Waals surface area (Å²) in [6.07, 6.45) is 0. The third kappa shape index (κ3) is 4.43. The van der Waals surface area contributed by atoms with E-state index >= 15 is 0 Å². The van der Waals surface area contributed by atoms with Crippen LogP contribution in [-0.2, 0) is 0 Å². The molecule has 2 aromatic rings. The molecule has 132 valence electrons. The summed E-state index contributed by atoms with van der Waals surface area (Å²) in [5, 5.41) is 16.2. The van der Waals surface area contributed by atoms with E-state index in [1.54, 1.807) is 11.3 Å². The lowest BCUT2D eigenvalue weighted by Gasteiger charge is -2.34. The van der Waals surface area contributed by atoms with Gasteiger partial charge in [-0.1, -0.05) is 6.07 Å². The molecule has 3 rings (SSSR count). The van der Waals surface area contributed by atoms with Crippen LogP contribution in [0.5, 0.6) is 0 Å². The molecule has 1 N–H and O–H groups in total. The summed E-state index contributed by atoms with van der Waals surface area (Å²) in [6.45, 7) is 3.23. The van der Waals surface area contributed by atoms with Crippen molar-refractivity contribution in [1.29, 1.82) is 0 Å². The van der Waals surface area contributed by atoms with Gasteiger partial charge in [0.1, 0.15) is 5.82 Å². The molecule has 1 aliphatic heterocycles. The first-order valence-corrected chi connectivity index (χ1v) is 7.97. The third-order valence-corrected chi connectivity index (χ3v) is 4.74. The van der Waals surface area contributed by atoms with Gasteiger partial charge in [-0.3, -0.25) is 15.0 Å². The molecule has 1 saturated heterocycles. The highest BCUT2D eigenvalue weighted by Gasteiger charge is 2.28. The first-order valence-electron chi connectivity index (χ1n) is 7.09. The number of nitro groups is 1. The van der Waals surface area contributed by atoms with E-state index in [0.29, 0.717) is 5.56 Å².